The molecule has 1 aromatic rings. The molecule has 1 rings (SSSR count). The van der Waals surface area contributed by atoms with Crippen molar-refractivity contribution in [1.29, 1.82) is 0 Å². The van der Waals surface area contributed by atoms with Crippen molar-refractivity contribution in [1.82, 2.24) is 4.98 Å². The van der Waals surface area contributed by atoms with Crippen molar-refractivity contribution in [2.45, 2.75) is 16.8 Å². The predicted octanol–water partition coefficient (Wildman–Crippen LogP) is -1.15. The lowest BCUT2D eigenvalue weighted by Gasteiger charge is -2.07. The molecule has 0 aliphatic heterocycles. The second-order valence-corrected chi connectivity index (χ2v) is 10.4. The number of nitrogens with two attached hydrogens (primary N) is 1. The van der Waals surface area contributed by atoms with Crippen LogP contribution in [0.1, 0.15) is 6.92 Å². The monoisotopic (exact) mass is 314 g/mol. The van der Waals surface area contributed by atoms with Crippen molar-refractivity contribution in [3.63, 3.8) is 0 Å². The third-order valence-electron chi connectivity index (χ3n) is 1.99. The predicted molar refractivity (Wildman–Crippen MR) is 62.3 cm³/mol. The number of hydrogen-bond donors (Lipinski definition) is 1. The van der Waals surface area contributed by atoms with Crippen molar-refractivity contribution in [2.75, 3.05) is 5.75 Å². The van der Waals surface area contributed by atoms with Crippen LogP contribution in [0, 0.1) is 0 Å². The standard InChI is InChI=1S/C7H10N2O6S3/c1-2-16(10,11)6-4-3-5-9-7(6)17(12,13)18(8,14)15/h3-5H,2H2,1H3,(H2,8,14,15). The molecule has 0 spiro atoms. The second kappa shape index (κ2) is 4.57. The Balaban J connectivity index is 3.77. The topological polar surface area (TPSA) is 141 Å². The van der Waals surface area contributed by atoms with Crippen LogP contribution in [0.25, 0.3) is 0 Å². The first-order valence-electron chi connectivity index (χ1n) is 4.49. The van der Waals surface area contributed by atoms with E-state index >= 15 is 0 Å². The van der Waals surface area contributed by atoms with Gasteiger partial charge in [0.15, 0.2) is 14.9 Å². The van der Waals surface area contributed by atoms with Gasteiger partial charge in [0, 0.05) is 6.20 Å². The second-order valence-electron chi connectivity index (χ2n) is 3.16. The number of pyridine rings is 1. The number of rotatable bonds is 4. The molecule has 102 valence electrons. The van der Waals surface area contributed by atoms with Gasteiger partial charge in [-0.2, -0.15) is 8.42 Å². The SMILES string of the molecule is CCS(=O)(=O)c1cccnc1S(=O)(=O)S(N)(=O)=O. The van der Waals surface area contributed by atoms with Crippen LogP contribution in [0.2, 0.25) is 0 Å². The van der Waals surface area contributed by atoms with Gasteiger partial charge in [0.1, 0.15) is 4.90 Å². The molecular formula is C7H10N2O6S3. The number of aromatic nitrogens is 1. The fourth-order valence-corrected chi connectivity index (χ4v) is 4.63. The van der Waals surface area contributed by atoms with E-state index in [1.807, 2.05) is 0 Å². The molecule has 0 aromatic carbocycles. The molecule has 0 radical (unpaired) electrons. The summed E-state index contributed by atoms with van der Waals surface area (Å²) in [5, 5.41) is 3.47. The Morgan fingerprint density at radius 1 is 1.17 bits per heavy atom. The maximum absolute atomic E-state index is 11.7. The minimum Gasteiger partial charge on any atom is -0.243 e. The summed E-state index contributed by atoms with van der Waals surface area (Å²) in [6.45, 7) is 1.29. The molecule has 0 bridgehead atoms. The number of hydrogen-bond acceptors (Lipinski definition) is 7. The summed E-state index contributed by atoms with van der Waals surface area (Å²) in [6, 6.07) is 2.15. The highest BCUT2D eigenvalue weighted by Crippen LogP contribution is 2.22. The first-order chi connectivity index (χ1) is 8.04. The van der Waals surface area contributed by atoms with E-state index < -0.39 is 43.4 Å². The highest BCUT2D eigenvalue weighted by molar-refractivity contribution is 8.66. The molecule has 18 heavy (non-hydrogen) atoms. The zero-order valence-corrected chi connectivity index (χ0v) is 11.6. The number of nitrogens with zero attached hydrogens (tertiary/aromatic N) is 1. The molecule has 0 atom stereocenters. The minimum atomic E-state index is -5.04. The van der Waals surface area contributed by atoms with Crippen LogP contribution < -0.4 is 5.14 Å². The zero-order chi connectivity index (χ0) is 14.2. The van der Waals surface area contributed by atoms with Crippen LogP contribution in [0.3, 0.4) is 0 Å². The Bertz CT molecular complexity index is 763. The Hall–Kier alpha value is -1.04. The van der Waals surface area contributed by atoms with Crippen molar-refractivity contribution < 1.29 is 25.3 Å². The molecule has 1 heterocycles. The molecular weight excluding hydrogens is 304 g/mol. The lowest BCUT2D eigenvalue weighted by atomic mass is 10.5. The first kappa shape index (κ1) is 15.0. The average Bonchev–Trinajstić information content (AvgIpc) is 2.27. The maximum atomic E-state index is 11.7. The molecule has 0 aliphatic carbocycles. The summed E-state index contributed by atoms with van der Waals surface area (Å²) in [5.41, 5.74) is 0. The van der Waals surface area contributed by atoms with Gasteiger partial charge in [-0.15, -0.1) is 0 Å². The molecule has 0 saturated carbocycles. The van der Waals surface area contributed by atoms with Crippen molar-refractivity contribution in [3.05, 3.63) is 18.3 Å². The van der Waals surface area contributed by atoms with Gasteiger partial charge in [0.05, 0.1) is 5.75 Å². The maximum Gasteiger partial charge on any atom is 0.320 e. The van der Waals surface area contributed by atoms with Gasteiger partial charge in [0.25, 0.3) is 0 Å². The van der Waals surface area contributed by atoms with E-state index in [2.05, 4.69) is 10.1 Å². The van der Waals surface area contributed by atoms with E-state index in [0.29, 0.717) is 0 Å². The van der Waals surface area contributed by atoms with Crippen LogP contribution in [-0.4, -0.2) is 36.0 Å². The van der Waals surface area contributed by atoms with Gasteiger partial charge in [0.2, 0.25) is 0 Å². The van der Waals surface area contributed by atoms with Gasteiger partial charge in [-0.05, 0) is 12.1 Å². The lowest BCUT2D eigenvalue weighted by Crippen LogP contribution is -2.26. The summed E-state index contributed by atoms with van der Waals surface area (Å²) in [7, 11) is -14.0. The van der Waals surface area contributed by atoms with E-state index in [-0.39, 0.29) is 0 Å². The van der Waals surface area contributed by atoms with Gasteiger partial charge in [-0.3, -0.25) is 0 Å². The van der Waals surface area contributed by atoms with Crippen LogP contribution in [-0.2, 0) is 27.8 Å². The van der Waals surface area contributed by atoms with Crippen LogP contribution in [0.4, 0.5) is 0 Å². The van der Waals surface area contributed by atoms with Crippen LogP contribution in [0.15, 0.2) is 28.3 Å². The summed E-state index contributed by atoms with van der Waals surface area (Å²) in [6.07, 6.45) is 0.965. The first-order valence-corrected chi connectivity index (χ1v) is 9.69. The van der Waals surface area contributed by atoms with Crippen molar-refractivity contribution >= 4 is 27.8 Å². The third kappa shape index (κ3) is 2.53. The fourth-order valence-electron chi connectivity index (χ4n) is 1.07. The minimum absolute atomic E-state index is 0.397. The molecule has 8 nitrogen and oxygen atoms in total. The Morgan fingerprint density at radius 3 is 2.17 bits per heavy atom. The molecule has 0 saturated heterocycles. The van der Waals surface area contributed by atoms with E-state index in [1.165, 1.54) is 13.0 Å². The molecule has 0 amide bonds. The van der Waals surface area contributed by atoms with Crippen molar-refractivity contribution in [2.24, 2.45) is 5.14 Å². The fraction of sp³-hybridized carbons (Fsp3) is 0.286. The highest BCUT2D eigenvalue weighted by Gasteiger charge is 2.35. The Morgan fingerprint density at radius 2 is 1.72 bits per heavy atom. The van der Waals surface area contributed by atoms with E-state index in [0.717, 1.165) is 12.3 Å². The molecule has 0 unspecified atom stereocenters. The summed E-state index contributed by atoms with van der Waals surface area (Å²) in [5.74, 6) is -0.397. The summed E-state index contributed by atoms with van der Waals surface area (Å²) >= 11 is 0. The normalized spacial score (nSPS) is 13.4. The van der Waals surface area contributed by atoms with Gasteiger partial charge < -0.3 is 0 Å². The van der Waals surface area contributed by atoms with Gasteiger partial charge >= 0.3 is 17.9 Å². The van der Waals surface area contributed by atoms with Crippen molar-refractivity contribution in [3.8, 4) is 0 Å². The molecule has 0 aliphatic rings. The smallest absolute Gasteiger partial charge is 0.243 e. The zero-order valence-electron chi connectivity index (χ0n) is 9.14. The largest absolute Gasteiger partial charge is 0.320 e. The highest BCUT2D eigenvalue weighted by atomic mass is 33.2. The lowest BCUT2D eigenvalue weighted by molar-refractivity contribution is 0.575. The van der Waals surface area contributed by atoms with E-state index in [1.54, 1.807) is 0 Å². The Labute approximate surface area is 104 Å². The quantitative estimate of drug-likeness (QED) is 0.692. The molecule has 2 N–H and O–H groups in total. The van der Waals surface area contributed by atoms with E-state index in [9.17, 15) is 25.3 Å². The number of sulfone groups is 1. The Kier molecular flexibility index (Phi) is 3.81. The molecule has 1 aromatic heterocycles. The summed E-state index contributed by atoms with van der Waals surface area (Å²) < 4.78 is 68.5. The van der Waals surface area contributed by atoms with E-state index in [4.69, 9.17) is 0 Å². The average molecular weight is 314 g/mol. The third-order valence-corrected chi connectivity index (χ3v) is 7.60. The van der Waals surface area contributed by atoms with Crippen LogP contribution in [0.5, 0.6) is 0 Å². The molecule has 11 heteroatoms. The van der Waals surface area contributed by atoms with Gasteiger partial charge in [-0.1, -0.05) is 6.92 Å². The van der Waals surface area contributed by atoms with Gasteiger partial charge in [-0.25, -0.2) is 27.0 Å². The molecule has 0 fully saturated rings. The summed E-state index contributed by atoms with van der Waals surface area (Å²) in [4.78, 5) is 2.63. The van der Waals surface area contributed by atoms with Crippen LogP contribution >= 0.6 is 0 Å².